The zero-order valence-electron chi connectivity index (χ0n) is 20.2. The van der Waals surface area contributed by atoms with E-state index in [-0.39, 0.29) is 18.3 Å². The Morgan fingerprint density at radius 1 is 1.19 bits per heavy atom. The number of rotatable bonds is 6. The second kappa shape index (κ2) is 12.5. The number of anilines is 1. The lowest BCUT2D eigenvalue weighted by Crippen LogP contribution is -2.27. The molecule has 0 bridgehead atoms. The first-order chi connectivity index (χ1) is 17.2. The van der Waals surface area contributed by atoms with Gasteiger partial charge in [-0.2, -0.15) is 0 Å². The van der Waals surface area contributed by atoms with Crippen molar-refractivity contribution in [3.8, 4) is 11.1 Å². The molecule has 1 fully saturated rings. The van der Waals surface area contributed by atoms with Crippen molar-refractivity contribution in [1.82, 2.24) is 10.2 Å². The van der Waals surface area contributed by atoms with Crippen molar-refractivity contribution < 1.29 is 19.1 Å². The molecule has 9 heteroatoms. The van der Waals surface area contributed by atoms with Crippen LogP contribution in [0.4, 0.5) is 14.9 Å². The van der Waals surface area contributed by atoms with Crippen LogP contribution in [-0.4, -0.2) is 49.2 Å². The highest BCUT2D eigenvalue weighted by molar-refractivity contribution is 6.30. The summed E-state index contributed by atoms with van der Waals surface area (Å²) < 4.78 is 15.3. The van der Waals surface area contributed by atoms with Gasteiger partial charge in [0.15, 0.2) is 0 Å². The van der Waals surface area contributed by atoms with Crippen LogP contribution in [-0.2, 0) is 11.3 Å². The number of nitrogens with zero attached hydrogens (tertiary/aromatic N) is 2. The zero-order chi connectivity index (χ0) is 26.2. The summed E-state index contributed by atoms with van der Waals surface area (Å²) in [4.78, 5) is 22.8. The molecule has 1 saturated heterocycles. The smallest absolute Gasteiger partial charge is 0.318 e. The van der Waals surface area contributed by atoms with Crippen LogP contribution in [0.25, 0.3) is 11.1 Å². The number of amides is 3. The predicted molar refractivity (Wildman–Crippen MR) is 140 cm³/mol. The summed E-state index contributed by atoms with van der Waals surface area (Å²) >= 11 is 6.01. The van der Waals surface area contributed by atoms with Gasteiger partial charge >= 0.3 is 6.03 Å². The first kappa shape index (κ1) is 27.1. The fraction of sp³-hybridized carbons (Fsp3) is 0.259. The Bertz CT molecular complexity index is 1190. The van der Waals surface area contributed by atoms with Crippen molar-refractivity contribution in [2.45, 2.75) is 25.1 Å². The fourth-order valence-electron chi connectivity index (χ4n) is 4.33. The molecule has 0 saturated carbocycles. The molecule has 1 aliphatic rings. The fourth-order valence-corrected chi connectivity index (χ4v) is 4.46. The van der Waals surface area contributed by atoms with E-state index in [4.69, 9.17) is 11.6 Å². The lowest BCUT2D eigenvalue weighted by molar-refractivity contribution is -0.108. The normalized spacial score (nSPS) is 16.9. The number of primary amides is 1. The Labute approximate surface area is 215 Å². The molecule has 36 heavy (non-hydrogen) atoms. The van der Waals surface area contributed by atoms with E-state index in [1.165, 1.54) is 0 Å². The third-order valence-corrected chi connectivity index (χ3v) is 6.06. The van der Waals surface area contributed by atoms with Crippen LogP contribution in [0.1, 0.15) is 23.6 Å². The van der Waals surface area contributed by atoms with Gasteiger partial charge in [-0.3, -0.25) is 10.1 Å². The number of hydrogen-bond acceptors (Lipinski definition) is 5. The minimum Gasteiger partial charge on any atom is -0.391 e. The molecule has 2 atom stereocenters. The number of nitrogens with one attached hydrogen (secondary N) is 1. The lowest BCUT2D eigenvalue weighted by Gasteiger charge is -2.27. The SMILES string of the molecule is CN(C)Cc1ccccc1-c1ccc([C@H]2C[C@@H](O)CN2c2ccc(Cl)cc2)c(F)c1.NC(=O)NC=O. The number of hydrogen-bond donors (Lipinski definition) is 3. The van der Waals surface area contributed by atoms with Gasteiger partial charge < -0.3 is 20.6 Å². The van der Waals surface area contributed by atoms with Crippen molar-refractivity contribution in [3.05, 3.63) is 88.7 Å². The molecule has 4 N–H and O–H groups in total. The van der Waals surface area contributed by atoms with Gasteiger partial charge in [0.1, 0.15) is 5.82 Å². The van der Waals surface area contributed by atoms with Gasteiger partial charge in [0.2, 0.25) is 6.41 Å². The van der Waals surface area contributed by atoms with E-state index in [1.54, 1.807) is 11.4 Å². The maximum Gasteiger partial charge on any atom is 0.318 e. The van der Waals surface area contributed by atoms with Crippen molar-refractivity contribution in [1.29, 1.82) is 0 Å². The largest absolute Gasteiger partial charge is 0.391 e. The Balaban J connectivity index is 0.000000538. The van der Waals surface area contributed by atoms with E-state index < -0.39 is 12.1 Å². The minimum atomic E-state index is -0.829. The first-order valence-electron chi connectivity index (χ1n) is 11.4. The zero-order valence-corrected chi connectivity index (χ0v) is 21.0. The highest BCUT2D eigenvalue weighted by Crippen LogP contribution is 2.39. The van der Waals surface area contributed by atoms with Gasteiger partial charge in [-0.1, -0.05) is 48.0 Å². The summed E-state index contributed by atoms with van der Waals surface area (Å²) in [5.74, 6) is -0.245. The topological polar surface area (TPSA) is 98.9 Å². The van der Waals surface area contributed by atoms with Crippen LogP contribution in [0.15, 0.2) is 66.7 Å². The average Bonchev–Trinajstić information content (AvgIpc) is 3.21. The summed E-state index contributed by atoms with van der Waals surface area (Å²) in [6, 6.07) is 20.0. The first-order valence-corrected chi connectivity index (χ1v) is 11.8. The van der Waals surface area contributed by atoms with Crippen LogP contribution >= 0.6 is 11.6 Å². The van der Waals surface area contributed by atoms with Gasteiger partial charge in [0, 0.05) is 29.4 Å². The molecule has 1 aliphatic heterocycles. The second-order valence-corrected chi connectivity index (χ2v) is 9.23. The van der Waals surface area contributed by atoms with Gasteiger partial charge in [0.25, 0.3) is 0 Å². The summed E-state index contributed by atoms with van der Waals surface area (Å²) in [5.41, 5.74) is 9.03. The molecule has 190 valence electrons. The predicted octanol–water partition coefficient (Wildman–Crippen LogP) is 4.33. The van der Waals surface area contributed by atoms with E-state index >= 15 is 4.39 Å². The van der Waals surface area contributed by atoms with E-state index in [2.05, 4.69) is 21.6 Å². The minimum absolute atomic E-state index is 0.216. The van der Waals surface area contributed by atoms with Crippen molar-refractivity contribution >= 4 is 29.7 Å². The molecule has 0 radical (unpaired) electrons. The number of carbonyl (C=O) groups is 2. The average molecular weight is 513 g/mol. The number of β-amino-alcohol motifs (C(OH)–C–C–N with tert-alkyl or cyclic N) is 1. The number of aliphatic hydroxyl groups is 1. The highest BCUT2D eigenvalue weighted by Gasteiger charge is 2.34. The second-order valence-electron chi connectivity index (χ2n) is 8.79. The van der Waals surface area contributed by atoms with Gasteiger partial charge in [-0.05, 0) is 67.5 Å². The molecule has 0 unspecified atom stereocenters. The molecule has 4 rings (SSSR count). The van der Waals surface area contributed by atoms with Crippen LogP contribution in [0.2, 0.25) is 5.02 Å². The number of urea groups is 1. The number of nitrogens with two attached hydrogens (primary N) is 1. The Hall–Kier alpha value is -3.46. The van der Waals surface area contributed by atoms with Crippen molar-refractivity contribution in [3.63, 3.8) is 0 Å². The molecular formula is C27H30ClFN4O3. The summed E-state index contributed by atoms with van der Waals surface area (Å²) in [6.45, 7) is 1.26. The van der Waals surface area contributed by atoms with Gasteiger partial charge in [-0.25, -0.2) is 9.18 Å². The highest BCUT2D eigenvalue weighted by atomic mass is 35.5. The van der Waals surface area contributed by atoms with E-state index in [9.17, 15) is 14.7 Å². The van der Waals surface area contributed by atoms with Crippen LogP contribution in [0.5, 0.6) is 0 Å². The molecule has 7 nitrogen and oxygen atoms in total. The molecule has 0 aromatic heterocycles. The standard InChI is InChI=1S/C25H26ClFN2O.C2H4N2O2/c1-28(2)15-18-5-3-4-6-22(18)17-7-12-23(24(27)13-17)25-14-21(30)16-29(25)20-10-8-19(26)9-11-20;3-2(6)4-1-5/h3-13,21,25,30H,14-16H2,1-2H3;1H,(H3,3,4,5,6)/t21-,25-;/m1./s1. The molecular weight excluding hydrogens is 483 g/mol. The van der Waals surface area contributed by atoms with E-state index in [0.717, 1.165) is 28.9 Å². The maximum atomic E-state index is 15.3. The van der Waals surface area contributed by atoms with Gasteiger partial charge in [-0.15, -0.1) is 0 Å². The monoisotopic (exact) mass is 512 g/mol. The number of aliphatic hydroxyl groups excluding tert-OH is 1. The summed E-state index contributed by atoms with van der Waals surface area (Å²) in [5, 5.41) is 12.6. The Morgan fingerprint density at radius 2 is 1.89 bits per heavy atom. The molecule has 1 heterocycles. The third kappa shape index (κ3) is 7.04. The van der Waals surface area contributed by atoms with Crippen molar-refractivity contribution in [2.24, 2.45) is 5.73 Å². The van der Waals surface area contributed by atoms with E-state index in [0.29, 0.717) is 23.6 Å². The summed E-state index contributed by atoms with van der Waals surface area (Å²) in [6.07, 6.45) is 0.226. The van der Waals surface area contributed by atoms with E-state index in [1.807, 2.05) is 68.7 Å². The quantitative estimate of drug-likeness (QED) is 0.427. The molecule has 0 spiro atoms. The lowest BCUT2D eigenvalue weighted by atomic mass is 9.95. The van der Waals surface area contributed by atoms with Crippen LogP contribution in [0, 0.1) is 5.82 Å². The number of imide groups is 1. The Kier molecular flexibility index (Phi) is 9.41. The maximum absolute atomic E-state index is 15.3. The molecule has 3 aromatic carbocycles. The van der Waals surface area contributed by atoms with Crippen LogP contribution < -0.4 is 16.0 Å². The number of benzene rings is 3. The molecule has 3 amide bonds. The van der Waals surface area contributed by atoms with Crippen LogP contribution in [0.3, 0.4) is 0 Å². The van der Waals surface area contributed by atoms with Crippen molar-refractivity contribution in [2.75, 3.05) is 25.5 Å². The molecule has 0 aliphatic carbocycles. The summed E-state index contributed by atoms with van der Waals surface area (Å²) in [7, 11) is 4.05. The number of halogens is 2. The third-order valence-electron chi connectivity index (χ3n) is 5.81. The number of carbonyl (C=O) groups excluding carboxylic acids is 2. The molecule has 3 aromatic rings. The van der Waals surface area contributed by atoms with Gasteiger partial charge in [0.05, 0.1) is 12.1 Å². The Morgan fingerprint density at radius 3 is 2.47 bits per heavy atom.